The molecule has 0 fully saturated rings. The van der Waals surface area contributed by atoms with Gasteiger partial charge in [0.05, 0.1) is 0 Å². The van der Waals surface area contributed by atoms with Gasteiger partial charge >= 0.3 is 36.9 Å². The van der Waals surface area contributed by atoms with Crippen LogP contribution in [0.5, 0.6) is 0 Å². The summed E-state index contributed by atoms with van der Waals surface area (Å²) in [5, 5.41) is 7.12. The maximum absolute atomic E-state index is 10.6. The van der Waals surface area contributed by atoms with Crippen LogP contribution in [0.2, 0.25) is 0 Å². The van der Waals surface area contributed by atoms with Crippen molar-refractivity contribution in [2.24, 2.45) is 0 Å². The quantitative estimate of drug-likeness (QED) is 0.609. The van der Waals surface area contributed by atoms with Gasteiger partial charge in [0.1, 0.15) is 0 Å². The number of halogens is 4. The van der Waals surface area contributed by atoms with Gasteiger partial charge in [-0.3, -0.25) is 0 Å². The third-order valence-electron chi connectivity index (χ3n) is 0.243. The van der Waals surface area contributed by atoms with E-state index in [-0.39, 0.29) is 0 Å². The Morgan fingerprint density at radius 1 is 1.44 bits per heavy atom. The molecule has 0 saturated carbocycles. The Hall–Kier alpha value is 0.0435. The molecule has 0 spiro atoms. The molecule has 0 bridgehead atoms. The van der Waals surface area contributed by atoms with E-state index in [1.165, 1.54) is 0 Å². The third kappa shape index (κ3) is 8.04. The van der Waals surface area contributed by atoms with E-state index in [1.807, 2.05) is 0 Å². The van der Waals surface area contributed by atoms with Gasteiger partial charge in [-0.25, -0.2) is 4.79 Å². The van der Waals surface area contributed by atoms with Crippen LogP contribution in [0, 0.1) is 0 Å². The Morgan fingerprint density at radius 2 is 1.56 bits per heavy atom. The van der Waals surface area contributed by atoms with Crippen molar-refractivity contribution in [3.8, 4) is 0 Å². The Morgan fingerprint density at radius 3 is 1.56 bits per heavy atom. The van der Waals surface area contributed by atoms with Crippen LogP contribution < -0.4 is 0 Å². The van der Waals surface area contributed by atoms with E-state index >= 15 is 0 Å². The Balaban J connectivity index is 0. The van der Waals surface area contributed by atoms with E-state index in [4.69, 9.17) is 9.90 Å². The van der Waals surface area contributed by atoms with E-state index < -0.39 is 12.1 Å². The SMILES string of the molecule is O=C(O)C(F)(F)F.[Cl][Ni]. The summed E-state index contributed by atoms with van der Waals surface area (Å²) in [6, 6.07) is 0. The van der Waals surface area contributed by atoms with E-state index in [9.17, 15) is 13.2 Å². The fourth-order valence-corrected chi connectivity index (χ4v) is 0. The van der Waals surface area contributed by atoms with Crippen molar-refractivity contribution >= 4 is 16.2 Å². The van der Waals surface area contributed by atoms with E-state index in [0.717, 1.165) is 0 Å². The first-order valence-corrected chi connectivity index (χ1v) is 2.72. The van der Waals surface area contributed by atoms with Crippen molar-refractivity contribution < 1.29 is 37.6 Å². The molecular weight excluding hydrogens is 207 g/mol. The monoisotopic (exact) mass is 207 g/mol. The van der Waals surface area contributed by atoms with Gasteiger partial charge in [0.2, 0.25) is 0 Å². The molecule has 0 aromatic heterocycles. The predicted molar refractivity (Wildman–Crippen MR) is 19.5 cm³/mol. The summed E-state index contributed by atoms with van der Waals surface area (Å²) in [7, 11) is 4.26. The summed E-state index contributed by atoms with van der Waals surface area (Å²) in [5.41, 5.74) is 0. The molecule has 1 N–H and O–H groups in total. The molecule has 2 nitrogen and oxygen atoms in total. The Labute approximate surface area is 60.6 Å². The predicted octanol–water partition coefficient (Wildman–Crippen LogP) is 1.32. The second kappa shape index (κ2) is 4.88. The molecule has 59 valence electrons. The van der Waals surface area contributed by atoms with Gasteiger partial charge in [0.25, 0.3) is 0 Å². The average molecular weight is 208 g/mol. The molecular formula is C2HClF3NiO2. The molecule has 0 aliphatic heterocycles. The van der Waals surface area contributed by atoms with Gasteiger partial charge in [0, 0.05) is 0 Å². The number of hydrogen-bond acceptors (Lipinski definition) is 1. The minimum absolute atomic E-state index is 2.76. The molecule has 7 heteroatoms. The van der Waals surface area contributed by atoms with E-state index in [2.05, 4.69) is 24.8 Å². The summed E-state index contributed by atoms with van der Waals surface area (Å²) in [5.74, 6) is -2.76. The molecule has 0 aliphatic carbocycles. The summed E-state index contributed by atoms with van der Waals surface area (Å²) >= 11 is 3.35. The van der Waals surface area contributed by atoms with Crippen molar-refractivity contribution in [1.29, 1.82) is 0 Å². The maximum atomic E-state index is 10.6. The first-order valence-electron chi connectivity index (χ1n) is 1.36. The van der Waals surface area contributed by atoms with Crippen LogP contribution in [-0.4, -0.2) is 17.3 Å². The number of hydrogen-bond donors (Lipinski definition) is 1. The van der Waals surface area contributed by atoms with Crippen LogP contribution >= 0.6 is 10.2 Å². The second-order valence-corrected chi connectivity index (χ2v) is 0.803. The number of alkyl halides is 3. The average Bonchev–Trinajstić information content (AvgIpc) is 1.69. The van der Waals surface area contributed by atoms with Crippen LogP contribution in [0.25, 0.3) is 0 Å². The number of carboxylic acids is 1. The zero-order valence-electron chi connectivity index (χ0n) is 3.68. The molecule has 0 unspecified atom stereocenters. The van der Waals surface area contributed by atoms with Gasteiger partial charge in [-0.05, 0) is 0 Å². The van der Waals surface area contributed by atoms with Crippen LogP contribution in [-0.2, 0) is 19.4 Å². The fourth-order valence-electron chi connectivity index (χ4n) is 0. The molecule has 0 radical (unpaired) electrons. The molecule has 0 aliphatic rings. The Kier molecular flexibility index (Phi) is 6.39. The summed E-state index contributed by atoms with van der Waals surface area (Å²) < 4.78 is 31.7. The van der Waals surface area contributed by atoms with Gasteiger partial charge in [-0.15, -0.1) is 0 Å². The van der Waals surface area contributed by atoms with Crippen LogP contribution in [0.3, 0.4) is 0 Å². The van der Waals surface area contributed by atoms with Crippen molar-refractivity contribution in [3.05, 3.63) is 0 Å². The van der Waals surface area contributed by atoms with Crippen LogP contribution in [0.4, 0.5) is 13.2 Å². The van der Waals surface area contributed by atoms with Crippen molar-refractivity contribution in [3.63, 3.8) is 0 Å². The number of carboxylic acid groups (broad SMARTS) is 1. The van der Waals surface area contributed by atoms with Gasteiger partial charge in [0.15, 0.2) is 0 Å². The molecule has 0 heterocycles. The van der Waals surface area contributed by atoms with E-state index in [1.54, 1.807) is 0 Å². The van der Waals surface area contributed by atoms with Crippen molar-refractivity contribution in [2.45, 2.75) is 6.18 Å². The third-order valence-corrected chi connectivity index (χ3v) is 0.243. The first-order chi connectivity index (χ1) is 3.94. The molecule has 0 saturated heterocycles. The first kappa shape index (κ1) is 11.8. The summed E-state index contributed by atoms with van der Waals surface area (Å²) in [6.45, 7) is 0. The van der Waals surface area contributed by atoms with Crippen LogP contribution in [0.15, 0.2) is 0 Å². The molecule has 0 rings (SSSR count). The number of aliphatic carboxylic acids is 1. The topological polar surface area (TPSA) is 37.3 Å². The number of rotatable bonds is 0. The molecule has 0 atom stereocenters. The minimum atomic E-state index is -5.08. The Bertz CT molecular complexity index is 92.3. The van der Waals surface area contributed by atoms with Crippen LogP contribution in [0.1, 0.15) is 0 Å². The van der Waals surface area contributed by atoms with Crippen molar-refractivity contribution in [1.82, 2.24) is 0 Å². The zero-order chi connectivity index (χ0) is 8.08. The fraction of sp³-hybridized carbons (Fsp3) is 0.500. The van der Waals surface area contributed by atoms with Gasteiger partial charge in [-0.2, -0.15) is 13.2 Å². The standard InChI is InChI=1S/C2HF3O2.ClH.Ni/c3-2(4,5)1(6)7;;/h(H,6,7);1H;/q;;+1/p-1. The molecule has 0 amide bonds. The second-order valence-electron chi connectivity index (χ2n) is 0.803. The number of carbonyl (C=O) groups is 1. The zero-order valence-corrected chi connectivity index (χ0v) is 5.43. The van der Waals surface area contributed by atoms with E-state index in [0.29, 0.717) is 0 Å². The molecule has 9 heavy (non-hydrogen) atoms. The normalized spacial score (nSPS) is 9.56. The van der Waals surface area contributed by atoms with Crippen molar-refractivity contribution in [2.75, 3.05) is 0 Å². The summed E-state index contributed by atoms with van der Waals surface area (Å²) in [6.07, 6.45) is -5.08. The van der Waals surface area contributed by atoms with Gasteiger partial charge < -0.3 is 5.11 Å². The summed E-state index contributed by atoms with van der Waals surface area (Å²) in [4.78, 5) is 8.90. The molecule has 0 aromatic rings. The van der Waals surface area contributed by atoms with Gasteiger partial charge in [-0.1, -0.05) is 0 Å². The molecule has 0 aromatic carbocycles.